The van der Waals surface area contributed by atoms with Gasteiger partial charge in [0, 0.05) is 11.3 Å². The average molecular weight is 272 g/mol. The van der Waals surface area contributed by atoms with Crippen LogP contribution in [0.5, 0.6) is 5.75 Å². The first kappa shape index (κ1) is 14.6. The SMILES string of the molecule is COC(=O)CC(C)SCc1cc(=O)c(OC)co1. The van der Waals surface area contributed by atoms with Gasteiger partial charge in [0.1, 0.15) is 12.0 Å². The number of rotatable bonds is 6. The van der Waals surface area contributed by atoms with Gasteiger partial charge in [-0.1, -0.05) is 6.92 Å². The van der Waals surface area contributed by atoms with Crippen LogP contribution < -0.4 is 10.2 Å². The van der Waals surface area contributed by atoms with Crippen LogP contribution in [0.25, 0.3) is 0 Å². The highest BCUT2D eigenvalue weighted by atomic mass is 32.2. The molecule has 1 unspecified atom stereocenters. The van der Waals surface area contributed by atoms with Crippen molar-refractivity contribution in [2.24, 2.45) is 0 Å². The van der Waals surface area contributed by atoms with Crippen molar-refractivity contribution in [3.8, 4) is 5.75 Å². The summed E-state index contributed by atoms with van der Waals surface area (Å²) in [5.41, 5.74) is -0.208. The van der Waals surface area contributed by atoms with Gasteiger partial charge in [-0.2, -0.15) is 11.8 Å². The molecule has 1 rings (SSSR count). The number of hydrogen-bond acceptors (Lipinski definition) is 6. The zero-order valence-corrected chi connectivity index (χ0v) is 11.4. The number of thioether (sulfide) groups is 1. The van der Waals surface area contributed by atoms with Gasteiger partial charge in [-0.15, -0.1) is 0 Å². The Balaban J connectivity index is 2.51. The molecule has 0 N–H and O–H groups in total. The van der Waals surface area contributed by atoms with Gasteiger partial charge in [-0.05, 0) is 0 Å². The normalized spacial score (nSPS) is 11.9. The van der Waals surface area contributed by atoms with Crippen LogP contribution in [0.3, 0.4) is 0 Å². The Labute approximate surface area is 109 Å². The van der Waals surface area contributed by atoms with Crippen molar-refractivity contribution < 1.29 is 18.7 Å². The standard InChI is InChI=1S/C12H16O5S/c1-8(4-12(14)16-3)18-7-9-5-10(13)11(15-2)6-17-9/h5-6,8H,4,7H2,1-3H3. The van der Waals surface area contributed by atoms with E-state index in [1.807, 2.05) is 6.92 Å². The molecule has 0 radical (unpaired) electrons. The summed E-state index contributed by atoms with van der Waals surface area (Å²) < 4.78 is 14.6. The highest BCUT2D eigenvalue weighted by molar-refractivity contribution is 7.99. The molecule has 18 heavy (non-hydrogen) atoms. The second-order valence-corrected chi connectivity index (χ2v) is 5.11. The maximum absolute atomic E-state index is 11.5. The third-order valence-corrected chi connectivity index (χ3v) is 3.45. The van der Waals surface area contributed by atoms with Gasteiger partial charge >= 0.3 is 5.97 Å². The fraction of sp³-hybridized carbons (Fsp3) is 0.500. The summed E-state index contributed by atoms with van der Waals surface area (Å²) >= 11 is 1.52. The van der Waals surface area contributed by atoms with Crippen LogP contribution in [-0.4, -0.2) is 25.4 Å². The lowest BCUT2D eigenvalue weighted by atomic mass is 10.3. The van der Waals surface area contributed by atoms with Crippen molar-refractivity contribution in [2.45, 2.75) is 24.3 Å². The highest BCUT2D eigenvalue weighted by Crippen LogP contribution is 2.20. The molecule has 6 heteroatoms. The first-order valence-electron chi connectivity index (χ1n) is 5.41. The zero-order chi connectivity index (χ0) is 13.5. The summed E-state index contributed by atoms with van der Waals surface area (Å²) in [7, 11) is 2.78. The molecule has 0 bridgehead atoms. The summed E-state index contributed by atoms with van der Waals surface area (Å²) in [6.07, 6.45) is 1.63. The number of carbonyl (C=O) groups is 1. The minimum absolute atomic E-state index is 0.102. The van der Waals surface area contributed by atoms with Crippen molar-refractivity contribution in [1.29, 1.82) is 0 Å². The van der Waals surface area contributed by atoms with E-state index in [1.54, 1.807) is 0 Å². The fourth-order valence-electron chi connectivity index (χ4n) is 1.26. The molecule has 0 aliphatic rings. The largest absolute Gasteiger partial charge is 0.490 e. The molecule has 0 aromatic carbocycles. The van der Waals surface area contributed by atoms with E-state index in [2.05, 4.69) is 4.74 Å². The molecule has 0 spiro atoms. The summed E-state index contributed by atoms with van der Waals surface area (Å²) in [5.74, 6) is 1.03. The summed E-state index contributed by atoms with van der Waals surface area (Å²) in [6, 6.07) is 1.40. The summed E-state index contributed by atoms with van der Waals surface area (Å²) in [4.78, 5) is 22.5. The van der Waals surface area contributed by atoms with Crippen molar-refractivity contribution >= 4 is 17.7 Å². The van der Waals surface area contributed by atoms with E-state index in [9.17, 15) is 9.59 Å². The molecular weight excluding hydrogens is 256 g/mol. The van der Waals surface area contributed by atoms with Crippen LogP contribution >= 0.6 is 11.8 Å². The first-order chi connectivity index (χ1) is 8.56. The molecule has 0 fully saturated rings. The molecule has 1 aromatic rings. The fourth-order valence-corrected chi connectivity index (χ4v) is 2.12. The van der Waals surface area contributed by atoms with E-state index in [1.165, 1.54) is 38.3 Å². The van der Waals surface area contributed by atoms with E-state index in [-0.39, 0.29) is 22.4 Å². The van der Waals surface area contributed by atoms with Crippen LogP contribution in [0.15, 0.2) is 21.5 Å². The Morgan fingerprint density at radius 3 is 2.78 bits per heavy atom. The molecule has 0 aliphatic heterocycles. The molecule has 1 heterocycles. The van der Waals surface area contributed by atoms with Crippen LogP contribution in [0.1, 0.15) is 19.1 Å². The maximum Gasteiger partial charge on any atom is 0.306 e. The van der Waals surface area contributed by atoms with Crippen LogP contribution in [0.2, 0.25) is 0 Å². The van der Waals surface area contributed by atoms with Crippen LogP contribution in [0, 0.1) is 0 Å². The summed E-state index contributed by atoms with van der Waals surface area (Å²) in [5, 5.41) is 0.102. The molecule has 1 aromatic heterocycles. The average Bonchev–Trinajstić information content (AvgIpc) is 2.36. The molecule has 0 amide bonds. The van der Waals surface area contributed by atoms with Gasteiger partial charge in [-0.25, -0.2) is 0 Å². The lowest BCUT2D eigenvalue weighted by Crippen LogP contribution is -2.09. The third-order valence-electron chi connectivity index (χ3n) is 2.26. The molecule has 100 valence electrons. The first-order valence-corrected chi connectivity index (χ1v) is 6.45. The smallest absolute Gasteiger partial charge is 0.306 e. The van der Waals surface area contributed by atoms with Crippen LogP contribution in [0.4, 0.5) is 0 Å². The predicted octanol–water partition coefficient (Wildman–Crippen LogP) is 1.83. The highest BCUT2D eigenvalue weighted by Gasteiger charge is 2.11. The van der Waals surface area contributed by atoms with E-state index >= 15 is 0 Å². The lowest BCUT2D eigenvalue weighted by molar-refractivity contribution is -0.140. The molecule has 0 aliphatic carbocycles. The topological polar surface area (TPSA) is 65.7 Å². The van der Waals surface area contributed by atoms with Gasteiger partial charge < -0.3 is 13.9 Å². The molecule has 0 saturated carbocycles. The Hall–Kier alpha value is -1.43. The Kier molecular flexibility index (Phi) is 5.77. The van der Waals surface area contributed by atoms with Gasteiger partial charge in [0.2, 0.25) is 11.2 Å². The summed E-state index contributed by atoms with van der Waals surface area (Å²) in [6.45, 7) is 1.92. The van der Waals surface area contributed by atoms with E-state index in [4.69, 9.17) is 9.15 Å². The number of ether oxygens (including phenoxy) is 2. The van der Waals surface area contributed by atoms with E-state index < -0.39 is 0 Å². The third kappa shape index (κ3) is 4.44. The van der Waals surface area contributed by atoms with E-state index in [0.29, 0.717) is 17.9 Å². The second-order valence-electron chi connectivity index (χ2n) is 3.68. The van der Waals surface area contributed by atoms with Gasteiger partial charge in [-0.3, -0.25) is 9.59 Å². The minimum atomic E-state index is -0.244. The zero-order valence-electron chi connectivity index (χ0n) is 10.6. The predicted molar refractivity (Wildman–Crippen MR) is 68.9 cm³/mol. The lowest BCUT2D eigenvalue weighted by Gasteiger charge is -2.09. The second kappa shape index (κ2) is 7.10. The number of esters is 1. The Morgan fingerprint density at radius 2 is 2.22 bits per heavy atom. The quantitative estimate of drug-likeness (QED) is 0.736. The number of hydrogen-bond donors (Lipinski definition) is 0. The Morgan fingerprint density at radius 1 is 1.50 bits per heavy atom. The number of carbonyl (C=O) groups excluding carboxylic acids is 1. The van der Waals surface area contributed by atoms with Crippen molar-refractivity contribution in [1.82, 2.24) is 0 Å². The van der Waals surface area contributed by atoms with Crippen LogP contribution in [-0.2, 0) is 15.3 Å². The maximum atomic E-state index is 11.5. The molecule has 1 atom stereocenters. The number of methoxy groups -OCH3 is 2. The van der Waals surface area contributed by atoms with Gasteiger partial charge in [0.15, 0.2) is 0 Å². The monoisotopic (exact) mass is 272 g/mol. The van der Waals surface area contributed by atoms with Gasteiger partial charge in [0.25, 0.3) is 0 Å². The van der Waals surface area contributed by atoms with Crippen molar-refractivity contribution in [3.63, 3.8) is 0 Å². The van der Waals surface area contributed by atoms with Crippen molar-refractivity contribution in [2.75, 3.05) is 14.2 Å². The minimum Gasteiger partial charge on any atom is -0.490 e. The molecular formula is C12H16O5S. The Bertz CT molecular complexity index is 454. The van der Waals surface area contributed by atoms with E-state index in [0.717, 1.165) is 0 Å². The molecule has 0 saturated heterocycles. The van der Waals surface area contributed by atoms with Gasteiger partial charge in [0.05, 0.1) is 26.4 Å². The molecule has 5 nitrogen and oxygen atoms in total. The van der Waals surface area contributed by atoms with Crippen molar-refractivity contribution in [3.05, 3.63) is 28.3 Å².